The fraction of sp³-hybridized carbons (Fsp3) is 0.800. The van der Waals surface area contributed by atoms with Gasteiger partial charge in [0.25, 0.3) is 0 Å². The average Bonchev–Trinajstić information content (AvgIpc) is 1.99. The number of nitrogens with two attached hydrogens (primary N) is 1. The number of hydrogen-bond acceptors (Lipinski definition) is 2. The summed E-state index contributed by atoms with van der Waals surface area (Å²) in [6.07, 6.45) is 0. The fourth-order valence-electron chi connectivity index (χ4n) is 0.633. The number of carbonyl (C=O) groups excluding carboxylic acids is 1. The monoisotopic (exact) mass is 241 g/mol. The van der Waals surface area contributed by atoms with Gasteiger partial charge in [0, 0.05) is 0 Å². The van der Waals surface area contributed by atoms with Gasteiger partial charge in [0.05, 0.1) is 0 Å². The van der Waals surface area contributed by atoms with Gasteiger partial charge in [-0.25, -0.2) is 0 Å². The molecule has 1 heterocycles. The Balaban J connectivity index is 2.41. The summed E-state index contributed by atoms with van der Waals surface area (Å²) in [5.74, 6) is 0.0344. The molecule has 1 saturated heterocycles. The van der Waals surface area contributed by atoms with E-state index in [4.69, 9.17) is 5.73 Å². The van der Waals surface area contributed by atoms with Crippen molar-refractivity contribution in [1.29, 1.82) is 0 Å². The molecule has 0 aliphatic carbocycles. The van der Waals surface area contributed by atoms with Gasteiger partial charge >= 0.3 is 64.4 Å². The van der Waals surface area contributed by atoms with Gasteiger partial charge in [0.2, 0.25) is 0 Å². The van der Waals surface area contributed by atoms with E-state index < -0.39 is 0 Å². The second-order valence-corrected chi connectivity index (χ2v) is 4.97. The molecule has 3 N–H and O–H groups in total. The Labute approximate surface area is 64.6 Å². The van der Waals surface area contributed by atoms with E-state index in [2.05, 4.69) is 5.32 Å². The third kappa shape index (κ3) is 2.09. The van der Waals surface area contributed by atoms with E-state index in [0.29, 0.717) is 0 Å². The molecule has 0 radical (unpaired) electrons. The predicted molar refractivity (Wildman–Crippen MR) is 30.7 cm³/mol. The van der Waals surface area contributed by atoms with Gasteiger partial charge in [-0.3, -0.25) is 0 Å². The van der Waals surface area contributed by atoms with Crippen molar-refractivity contribution in [2.45, 2.75) is 6.04 Å². The number of rotatable bonds is 0. The molecule has 0 aromatic carbocycles. The first-order valence-corrected chi connectivity index (χ1v) is 5.92. The molecule has 4 heteroatoms. The topological polar surface area (TPSA) is 55.1 Å². The third-order valence-corrected chi connectivity index (χ3v) is 4.01. The van der Waals surface area contributed by atoms with Gasteiger partial charge in [-0.2, -0.15) is 0 Å². The fourth-order valence-corrected chi connectivity index (χ4v) is 2.80. The molecule has 0 unspecified atom stereocenters. The summed E-state index contributed by atoms with van der Waals surface area (Å²) in [6, 6.07) is -0.208. The maximum atomic E-state index is 10.8. The van der Waals surface area contributed by atoms with Crippen LogP contribution in [0.5, 0.6) is 0 Å². The van der Waals surface area contributed by atoms with Crippen molar-refractivity contribution in [3.8, 4) is 0 Å². The number of hydrogen-bond donors (Lipinski definition) is 2. The summed E-state index contributed by atoms with van der Waals surface area (Å²) >= 11 is 0.211. The van der Waals surface area contributed by atoms with Crippen LogP contribution in [0.1, 0.15) is 0 Å². The Morgan fingerprint density at radius 3 is 3.33 bits per heavy atom. The molecule has 1 aliphatic heterocycles. The number of halogens is 1. The van der Waals surface area contributed by atoms with Crippen LogP contribution < -0.4 is 32.3 Å². The first kappa shape index (κ1) is 7.27. The summed E-state index contributed by atoms with van der Waals surface area (Å²) in [7, 11) is 0. The Morgan fingerprint density at radius 2 is 2.56 bits per heavy atom. The number of nitrogens with one attached hydrogen (secondary N) is 1. The van der Waals surface area contributed by atoms with Crippen molar-refractivity contribution in [3.05, 3.63) is 0 Å². The first-order chi connectivity index (χ1) is 4.30. The van der Waals surface area contributed by atoms with Crippen molar-refractivity contribution < 1.29 is 26.0 Å². The number of carbonyl (C=O) groups is 1. The summed E-state index contributed by atoms with van der Waals surface area (Å²) in [5, 5.41) is 2.76. The molecule has 1 fully saturated rings. The van der Waals surface area contributed by atoms with Crippen LogP contribution in [0.4, 0.5) is 0 Å². The van der Waals surface area contributed by atoms with E-state index in [1.807, 2.05) is 0 Å². The molecule has 0 bridgehead atoms. The van der Waals surface area contributed by atoms with Crippen LogP contribution >= 0.6 is 0 Å². The molecule has 0 saturated carbocycles. The maximum absolute atomic E-state index is 10.8. The Hall–Kier alpha value is 0.160. The zero-order valence-electron chi connectivity index (χ0n) is 5.06. The van der Waals surface area contributed by atoms with Gasteiger partial charge < -0.3 is 0 Å². The van der Waals surface area contributed by atoms with E-state index >= 15 is 0 Å². The molecular formula is C5H10IN2O-. The normalized spacial score (nSPS) is 29.9. The molecule has 1 amide bonds. The Morgan fingerprint density at radius 1 is 1.78 bits per heavy atom. The second kappa shape index (κ2) is 3.36. The molecule has 0 aromatic heterocycles. The molecule has 0 aromatic rings. The van der Waals surface area contributed by atoms with E-state index in [1.54, 1.807) is 0 Å². The predicted octanol–water partition coefficient (Wildman–Crippen LogP) is -4.47. The molecule has 54 valence electrons. The Bertz CT molecular complexity index is 118. The molecular weight excluding hydrogens is 231 g/mol. The molecule has 1 atom stereocenters. The standard InChI is InChI=1S/C5H10IN2O/c7-4-3-6-1-2-8-5(4)9/h4H,1-3,7H2,(H,8,9)/q-1/t4-/m0/s1. The van der Waals surface area contributed by atoms with Gasteiger partial charge in [-0.15, -0.1) is 0 Å². The van der Waals surface area contributed by atoms with Crippen LogP contribution in [0, 0.1) is 0 Å². The van der Waals surface area contributed by atoms with Crippen LogP contribution in [-0.4, -0.2) is 27.3 Å². The van der Waals surface area contributed by atoms with Crippen LogP contribution in [-0.2, 0) is 4.79 Å². The minimum atomic E-state index is -0.208. The quantitative estimate of drug-likeness (QED) is 0.332. The van der Waals surface area contributed by atoms with Crippen LogP contribution in [0.25, 0.3) is 0 Å². The Kier molecular flexibility index (Phi) is 2.71. The van der Waals surface area contributed by atoms with E-state index in [1.165, 1.54) is 4.43 Å². The number of alkyl halides is 2. The van der Waals surface area contributed by atoms with Crippen LogP contribution in [0.3, 0.4) is 0 Å². The van der Waals surface area contributed by atoms with Crippen molar-refractivity contribution in [2.24, 2.45) is 5.73 Å². The SMILES string of the molecule is N[C@H]1C[I-]CCNC1=O. The minimum absolute atomic E-state index is 0.0344. The number of amides is 1. The zero-order valence-corrected chi connectivity index (χ0v) is 7.22. The second-order valence-electron chi connectivity index (χ2n) is 1.93. The molecule has 3 nitrogen and oxygen atoms in total. The third-order valence-electron chi connectivity index (χ3n) is 1.14. The zero-order chi connectivity index (χ0) is 6.69. The van der Waals surface area contributed by atoms with Gasteiger partial charge in [-0.05, 0) is 0 Å². The summed E-state index contributed by atoms with van der Waals surface area (Å²) in [6.45, 7) is 0.847. The summed E-state index contributed by atoms with van der Waals surface area (Å²) < 4.78 is 2.13. The van der Waals surface area contributed by atoms with Crippen molar-refractivity contribution in [1.82, 2.24) is 5.32 Å². The summed E-state index contributed by atoms with van der Waals surface area (Å²) in [4.78, 5) is 10.8. The summed E-state index contributed by atoms with van der Waals surface area (Å²) in [5.41, 5.74) is 5.49. The van der Waals surface area contributed by atoms with Gasteiger partial charge in [-0.1, -0.05) is 0 Å². The van der Waals surface area contributed by atoms with Gasteiger partial charge in [0.15, 0.2) is 0 Å². The van der Waals surface area contributed by atoms with Crippen LogP contribution in [0.2, 0.25) is 0 Å². The average molecular weight is 241 g/mol. The van der Waals surface area contributed by atoms with E-state index in [0.717, 1.165) is 11.0 Å². The molecule has 0 spiro atoms. The van der Waals surface area contributed by atoms with E-state index in [9.17, 15) is 4.79 Å². The van der Waals surface area contributed by atoms with Crippen molar-refractivity contribution >= 4 is 5.91 Å². The molecule has 1 rings (SSSR count). The van der Waals surface area contributed by atoms with Crippen LogP contribution in [0.15, 0.2) is 0 Å². The first-order valence-electron chi connectivity index (χ1n) is 2.87. The van der Waals surface area contributed by atoms with Gasteiger partial charge in [0.1, 0.15) is 0 Å². The molecule has 1 aliphatic rings. The van der Waals surface area contributed by atoms with Crippen molar-refractivity contribution in [2.75, 3.05) is 15.4 Å². The molecule has 9 heavy (non-hydrogen) atoms. The van der Waals surface area contributed by atoms with E-state index in [-0.39, 0.29) is 33.2 Å². The van der Waals surface area contributed by atoms with Crippen molar-refractivity contribution in [3.63, 3.8) is 0 Å².